The summed E-state index contributed by atoms with van der Waals surface area (Å²) in [5.74, 6) is 1.60. The second-order valence-electron chi connectivity index (χ2n) is 6.34. The van der Waals surface area contributed by atoms with E-state index in [-0.39, 0.29) is 12.5 Å². The van der Waals surface area contributed by atoms with Crippen LogP contribution in [0.4, 0.5) is 11.4 Å². The summed E-state index contributed by atoms with van der Waals surface area (Å²) in [6, 6.07) is 10.7. The number of piperazine rings is 1. The number of fused-ring (bicyclic) bond motifs is 1. The molecule has 2 aliphatic heterocycles. The molecule has 0 unspecified atom stereocenters. The quantitative estimate of drug-likeness (QED) is 0.603. The fourth-order valence-electron chi connectivity index (χ4n) is 3.31. The lowest BCUT2D eigenvalue weighted by atomic mass is 10.1. The summed E-state index contributed by atoms with van der Waals surface area (Å²) in [5.41, 5.74) is 2.05. The van der Waals surface area contributed by atoms with E-state index >= 15 is 0 Å². The first kappa shape index (κ1) is 16.9. The lowest BCUT2D eigenvalue weighted by Crippen LogP contribution is -2.46. The molecule has 0 aliphatic carbocycles. The van der Waals surface area contributed by atoms with Crippen LogP contribution in [-0.4, -0.2) is 42.8 Å². The van der Waals surface area contributed by atoms with Crippen molar-refractivity contribution in [1.29, 1.82) is 0 Å². The summed E-state index contributed by atoms with van der Waals surface area (Å²) < 4.78 is 10.8. The minimum atomic E-state index is -0.432. The Morgan fingerprint density at radius 2 is 1.81 bits per heavy atom. The van der Waals surface area contributed by atoms with Crippen molar-refractivity contribution in [3.8, 4) is 11.5 Å². The largest absolute Gasteiger partial charge is 0.454 e. The first-order valence-corrected chi connectivity index (χ1v) is 8.78. The fourth-order valence-corrected chi connectivity index (χ4v) is 3.60. The van der Waals surface area contributed by atoms with E-state index in [1.54, 1.807) is 6.07 Å². The summed E-state index contributed by atoms with van der Waals surface area (Å²) in [5, 5.41) is 11.3. The number of nitrogens with zero attached hydrogens (tertiary/aromatic N) is 3. The zero-order valence-corrected chi connectivity index (χ0v) is 14.8. The molecule has 26 heavy (non-hydrogen) atoms. The highest BCUT2D eigenvalue weighted by molar-refractivity contribution is 6.33. The Bertz CT molecular complexity index is 837. The number of hydrogen-bond donors (Lipinski definition) is 0. The molecule has 0 aromatic heterocycles. The Morgan fingerprint density at radius 3 is 2.54 bits per heavy atom. The molecule has 0 atom stereocenters. The molecule has 2 heterocycles. The zero-order chi connectivity index (χ0) is 18.1. The maximum Gasteiger partial charge on any atom is 0.271 e. The molecule has 2 aromatic carbocycles. The number of non-ortho nitro benzene ring substituents is 1. The summed E-state index contributed by atoms with van der Waals surface area (Å²) in [6.07, 6.45) is 0. The van der Waals surface area contributed by atoms with Crippen molar-refractivity contribution in [1.82, 2.24) is 4.90 Å². The molecule has 0 saturated carbocycles. The van der Waals surface area contributed by atoms with E-state index in [0.29, 0.717) is 5.02 Å². The Hall–Kier alpha value is -2.51. The van der Waals surface area contributed by atoms with Crippen LogP contribution in [0.25, 0.3) is 0 Å². The van der Waals surface area contributed by atoms with E-state index in [1.807, 2.05) is 12.1 Å². The minimum Gasteiger partial charge on any atom is -0.454 e. The molecule has 8 heteroatoms. The van der Waals surface area contributed by atoms with E-state index < -0.39 is 4.92 Å². The van der Waals surface area contributed by atoms with Gasteiger partial charge in [0, 0.05) is 44.9 Å². The lowest BCUT2D eigenvalue weighted by Gasteiger charge is -2.36. The standard InChI is InChI=1S/C18H18ClN3O4/c19-15-10-14(22(23)24)2-3-16(15)21-7-5-20(6-8-21)11-13-1-4-17-18(9-13)26-12-25-17/h1-4,9-10H,5-8,11-12H2. The van der Waals surface area contributed by atoms with Crippen LogP contribution >= 0.6 is 11.6 Å². The third-order valence-corrected chi connectivity index (χ3v) is 5.00. The Kier molecular flexibility index (Phi) is 4.57. The van der Waals surface area contributed by atoms with Gasteiger partial charge in [-0.05, 0) is 23.8 Å². The van der Waals surface area contributed by atoms with Crippen LogP contribution < -0.4 is 14.4 Å². The Balaban J connectivity index is 1.37. The average Bonchev–Trinajstić information content (AvgIpc) is 3.10. The molecule has 4 rings (SSSR count). The number of rotatable bonds is 4. The Labute approximate surface area is 155 Å². The second-order valence-corrected chi connectivity index (χ2v) is 6.75. The van der Waals surface area contributed by atoms with Gasteiger partial charge in [0.05, 0.1) is 15.6 Å². The topological polar surface area (TPSA) is 68.1 Å². The maximum atomic E-state index is 10.8. The molecule has 0 N–H and O–H groups in total. The first-order chi connectivity index (χ1) is 12.6. The molecular weight excluding hydrogens is 358 g/mol. The molecule has 0 amide bonds. The molecule has 2 aromatic rings. The van der Waals surface area contributed by atoms with Gasteiger partial charge < -0.3 is 14.4 Å². The SMILES string of the molecule is O=[N+]([O-])c1ccc(N2CCN(Cc3ccc4c(c3)OCO4)CC2)c(Cl)c1. The van der Waals surface area contributed by atoms with Crippen molar-refractivity contribution in [2.45, 2.75) is 6.54 Å². The van der Waals surface area contributed by atoms with Crippen molar-refractivity contribution in [3.05, 3.63) is 57.1 Å². The predicted octanol–water partition coefficient (Wildman–Crippen LogP) is 3.30. The number of benzene rings is 2. The van der Waals surface area contributed by atoms with E-state index in [4.69, 9.17) is 21.1 Å². The molecule has 7 nitrogen and oxygen atoms in total. The van der Waals surface area contributed by atoms with Gasteiger partial charge >= 0.3 is 0 Å². The zero-order valence-electron chi connectivity index (χ0n) is 14.1. The van der Waals surface area contributed by atoms with Crippen molar-refractivity contribution in [2.75, 3.05) is 37.9 Å². The van der Waals surface area contributed by atoms with E-state index in [0.717, 1.165) is 49.9 Å². The highest BCUT2D eigenvalue weighted by Gasteiger charge is 2.21. The summed E-state index contributed by atoms with van der Waals surface area (Å²) in [6.45, 7) is 4.56. The number of halogens is 1. The third-order valence-electron chi connectivity index (χ3n) is 4.70. The fraction of sp³-hybridized carbons (Fsp3) is 0.333. The molecule has 2 aliphatic rings. The summed E-state index contributed by atoms with van der Waals surface area (Å²) >= 11 is 6.24. The predicted molar refractivity (Wildman–Crippen MR) is 98.2 cm³/mol. The molecule has 1 fully saturated rings. The van der Waals surface area contributed by atoms with Crippen LogP contribution in [0.15, 0.2) is 36.4 Å². The van der Waals surface area contributed by atoms with E-state index in [2.05, 4.69) is 15.9 Å². The molecule has 0 radical (unpaired) electrons. The maximum absolute atomic E-state index is 10.8. The number of nitro groups is 1. The second kappa shape index (κ2) is 7.01. The first-order valence-electron chi connectivity index (χ1n) is 8.40. The minimum absolute atomic E-state index is 0.0141. The van der Waals surface area contributed by atoms with Crippen LogP contribution in [0.1, 0.15) is 5.56 Å². The van der Waals surface area contributed by atoms with Crippen LogP contribution in [0, 0.1) is 10.1 Å². The van der Waals surface area contributed by atoms with Crippen LogP contribution in [-0.2, 0) is 6.54 Å². The monoisotopic (exact) mass is 375 g/mol. The Morgan fingerprint density at radius 1 is 1.04 bits per heavy atom. The van der Waals surface area contributed by atoms with Gasteiger partial charge in [-0.25, -0.2) is 0 Å². The van der Waals surface area contributed by atoms with Gasteiger partial charge in [0.2, 0.25) is 6.79 Å². The molecule has 1 saturated heterocycles. The van der Waals surface area contributed by atoms with Crippen molar-refractivity contribution >= 4 is 23.0 Å². The highest BCUT2D eigenvalue weighted by Crippen LogP contribution is 2.33. The van der Waals surface area contributed by atoms with Crippen LogP contribution in [0.3, 0.4) is 0 Å². The number of hydrogen-bond acceptors (Lipinski definition) is 6. The van der Waals surface area contributed by atoms with Crippen molar-refractivity contribution in [2.24, 2.45) is 0 Å². The number of nitro benzene ring substituents is 1. The number of anilines is 1. The highest BCUT2D eigenvalue weighted by atomic mass is 35.5. The normalized spacial score (nSPS) is 16.7. The van der Waals surface area contributed by atoms with Gasteiger partial charge in [-0.15, -0.1) is 0 Å². The van der Waals surface area contributed by atoms with E-state index in [1.165, 1.54) is 17.7 Å². The molecule has 0 bridgehead atoms. The molecule has 136 valence electrons. The third kappa shape index (κ3) is 3.40. The summed E-state index contributed by atoms with van der Waals surface area (Å²) in [7, 11) is 0. The van der Waals surface area contributed by atoms with Gasteiger partial charge in [0.15, 0.2) is 11.5 Å². The van der Waals surface area contributed by atoms with E-state index in [9.17, 15) is 10.1 Å². The van der Waals surface area contributed by atoms with Crippen LogP contribution in [0.2, 0.25) is 5.02 Å². The van der Waals surface area contributed by atoms with Gasteiger partial charge in [0.25, 0.3) is 5.69 Å². The lowest BCUT2D eigenvalue weighted by molar-refractivity contribution is -0.384. The van der Waals surface area contributed by atoms with Gasteiger partial charge in [-0.3, -0.25) is 15.0 Å². The smallest absolute Gasteiger partial charge is 0.271 e. The number of ether oxygens (including phenoxy) is 2. The molecule has 0 spiro atoms. The van der Waals surface area contributed by atoms with Crippen molar-refractivity contribution in [3.63, 3.8) is 0 Å². The van der Waals surface area contributed by atoms with Gasteiger partial charge in [-0.1, -0.05) is 17.7 Å². The average molecular weight is 376 g/mol. The van der Waals surface area contributed by atoms with Crippen LogP contribution in [0.5, 0.6) is 11.5 Å². The molecular formula is C18H18ClN3O4. The van der Waals surface area contributed by atoms with Gasteiger partial charge in [-0.2, -0.15) is 0 Å². The van der Waals surface area contributed by atoms with Crippen molar-refractivity contribution < 1.29 is 14.4 Å². The summed E-state index contributed by atoms with van der Waals surface area (Å²) in [4.78, 5) is 14.9. The van der Waals surface area contributed by atoms with Gasteiger partial charge in [0.1, 0.15) is 0 Å².